The second-order valence-electron chi connectivity index (χ2n) is 9.51. The molecule has 35 heavy (non-hydrogen) atoms. The van der Waals surface area contributed by atoms with Gasteiger partial charge in [0.1, 0.15) is 17.3 Å². The van der Waals surface area contributed by atoms with E-state index < -0.39 is 17.7 Å². The Hall–Kier alpha value is -3.32. The molecule has 2 aromatic carbocycles. The molecule has 0 aliphatic carbocycles. The number of nitrogens with zero attached hydrogens (tertiary/aromatic N) is 1. The smallest absolute Gasteiger partial charge is 0.295 e. The zero-order chi connectivity index (χ0) is 25.8. The van der Waals surface area contributed by atoms with Gasteiger partial charge in [-0.2, -0.15) is 0 Å². The minimum atomic E-state index is -0.745. The lowest BCUT2D eigenvalue weighted by Crippen LogP contribution is -2.31. The van der Waals surface area contributed by atoms with Crippen molar-refractivity contribution in [3.05, 3.63) is 64.7 Å². The Balaban J connectivity index is 2.19. The molecule has 7 nitrogen and oxygen atoms in total. The summed E-state index contributed by atoms with van der Waals surface area (Å²) in [7, 11) is 3.10. The van der Waals surface area contributed by atoms with E-state index in [0.717, 1.165) is 5.56 Å². The molecule has 0 spiro atoms. The summed E-state index contributed by atoms with van der Waals surface area (Å²) in [6.45, 7) is 9.37. The zero-order valence-electron chi connectivity index (χ0n) is 21.4. The Morgan fingerprint density at radius 1 is 1.06 bits per heavy atom. The molecule has 3 rings (SSSR count). The van der Waals surface area contributed by atoms with Crippen LogP contribution in [0.25, 0.3) is 5.76 Å². The van der Waals surface area contributed by atoms with Crippen LogP contribution in [0.1, 0.15) is 56.8 Å². The molecule has 1 amide bonds. The normalized spacial score (nSPS) is 17.7. The van der Waals surface area contributed by atoms with Gasteiger partial charge < -0.3 is 24.2 Å². The number of carbonyl (C=O) groups excluding carboxylic acids is 2. The standard InChI is InChI=1S/C28H35NO6/c1-7-35-20-12-9-18(10-13-20)24-23(26(31)27(32)29(24)15-8-16-33-5)25(30)21-17-19(28(2,3)4)11-14-22(21)34-6/h9-14,17,24,30H,7-8,15-16H2,1-6H3/b25-23+. The van der Waals surface area contributed by atoms with E-state index in [9.17, 15) is 14.7 Å². The molecule has 0 bridgehead atoms. The van der Waals surface area contributed by atoms with E-state index >= 15 is 0 Å². The number of likely N-dealkylation sites (tertiary alicyclic amines) is 1. The summed E-state index contributed by atoms with van der Waals surface area (Å²) in [5, 5.41) is 11.5. The van der Waals surface area contributed by atoms with Gasteiger partial charge in [-0.3, -0.25) is 9.59 Å². The molecule has 1 N–H and O–H groups in total. The van der Waals surface area contributed by atoms with Gasteiger partial charge in [-0.1, -0.05) is 39.0 Å². The molecular formula is C28H35NO6. The van der Waals surface area contributed by atoms with Gasteiger partial charge in [0, 0.05) is 20.3 Å². The second-order valence-corrected chi connectivity index (χ2v) is 9.51. The van der Waals surface area contributed by atoms with Crippen LogP contribution in [0.15, 0.2) is 48.0 Å². The monoisotopic (exact) mass is 481 g/mol. The predicted molar refractivity (Wildman–Crippen MR) is 135 cm³/mol. The number of aliphatic hydroxyl groups excluding tert-OH is 1. The number of Topliss-reactive ketones (excluding diaryl/α,β-unsaturated/α-hetero) is 1. The van der Waals surface area contributed by atoms with E-state index in [-0.39, 0.29) is 16.7 Å². The Morgan fingerprint density at radius 2 is 1.74 bits per heavy atom. The average Bonchev–Trinajstić information content (AvgIpc) is 3.08. The van der Waals surface area contributed by atoms with Crippen molar-refractivity contribution in [3.63, 3.8) is 0 Å². The van der Waals surface area contributed by atoms with E-state index in [1.54, 1.807) is 25.3 Å². The van der Waals surface area contributed by atoms with E-state index in [0.29, 0.717) is 48.8 Å². The van der Waals surface area contributed by atoms with E-state index in [1.807, 2.05) is 31.2 Å². The van der Waals surface area contributed by atoms with Crippen LogP contribution in [0.5, 0.6) is 11.5 Å². The maximum Gasteiger partial charge on any atom is 0.295 e. The second kappa shape index (κ2) is 11.0. The molecule has 0 radical (unpaired) electrons. The highest BCUT2D eigenvalue weighted by molar-refractivity contribution is 6.46. The van der Waals surface area contributed by atoms with Gasteiger partial charge in [0.05, 0.1) is 30.9 Å². The maximum atomic E-state index is 13.3. The number of amides is 1. The Bertz CT molecular complexity index is 1100. The average molecular weight is 482 g/mol. The molecule has 7 heteroatoms. The van der Waals surface area contributed by atoms with Crippen molar-refractivity contribution >= 4 is 17.4 Å². The lowest BCUT2D eigenvalue weighted by molar-refractivity contribution is -0.140. The summed E-state index contributed by atoms with van der Waals surface area (Å²) < 4.78 is 16.2. The Morgan fingerprint density at radius 3 is 2.31 bits per heavy atom. The van der Waals surface area contributed by atoms with Gasteiger partial charge in [-0.15, -0.1) is 0 Å². The molecule has 188 valence electrons. The number of aliphatic hydroxyl groups is 1. The van der Waals surface area contributed by atoms with Gasteiger partial charge >= 0.3 is 0 Å². The third-order valence-corrected chi connectivity index (χ3v) is 6.11. The molecule has 1 heterocycles. The van der Waals surface area contributed by atoms with Gasteiger partial charge in [-0.25, -0.2) is 0 Å². The van der Waals surface area contributed by atoms with Crippen molar-refractivity contribution < 1.29 is 28.9 Å². The van der Waals surface area contributed by atoms with Gasteiger partial charge in [0.25, 0.3) is 11.7 Å². The third kappa shape index (κ3) is 5.51. The molecular weight excluding hydrogens is 446 g/mol. The quantitative estimate of drug-likeness (QED) is 0.239. The first-order valence-electron chi connectivity index (χ1n) is 11.8. The summed E-state index contributed by atoms with van der Waals surface area (Å²) in [5.74, 6) is -0.507. The summed E-state index contributed by atoms with van der Waals surface area (Å²) in [6.07, 6.45) is 0.555. The van der Waals surface area contributed by atoms with Crippen molar-refractivity contribution in [2.45, 2.75) is 45.6 Å². The van der Waals surface area contributed by atoms with Gasteiger partial charge in [0.2, 0.25) is 0 Å². The summed E-state index contributed by atoms with van der Waals surface area (Å²) in [4.78, 5) is 27.9. The van der Waals surface area contributed by atoms with Gasteiger partial charge in [-0.05, 0) is 54.2 Å². The highest BCUT2D eigenvalue weighted by atomic mass is 16.5. The molecule has 1 saturated heterocycles. The number of hydrogen-bond donors (Lipinski definition) is 1. The fourth-order valence-electron chi connectivity index (χ4n) is 4.25. The minimum absolute atomic E-state index is 0.0425. The van der Waals surface area contributed by atoms with Crippen LogP contribution in [0.4, 0.5) is 0 Å². The minimum Gasteiger partial charge on any atom is -0.507 e. The molecule has 1 fully saturated rings. The van der Waals surface area contributed by atoms with Crippen LogP contribution in [0, 0.1) is 0 Å². The van der Waals surface area contributed by atoms with Crippen LogP contribution in [0.2, 0.25) is 0 Å². The summed E-state index contributed by atoms with van der Waals surface area (Å²) in [5.41, 5.74) is 1.90. The molecule has 0 aromatic heterocycles. The molecule has 1 unspecified atom stereocenters. The summed E-state index contributed by atoms with van der Waals surface area (Å²) in [6, 6.07) is 12.0. The van der Waals surface area contributed by atoms with Crippen LogP contribution in [0.3, 0.4) is 0 Å². The SMILES string of the molecule is CCOc1ccc(C2/C(=C(\O)c3cc(C(C)(C)C)ccc3OC)C(=O)C(=O)N2CCCOC)cc1. The maximum absolute atomic E-state index is 13.3. The molecule has 1 aliphatic heterocycles. The van der Waals surface area contributed by atoms with Gasteiger partial charge in [0.15, 0.2) is 0 Å². The number of carbonyl (C=O) groups is 2. The number of benzene rings is 2. The van der Waals surface area contributed by atoms with Crippen molar-refractivity contribution in [1.29, 1.82) is 0 Å². The van der Waals surface area contributed by atoms with Crippen LogP contribution in [-0.4, -0.2) is 55.7 Å². The highest BCUT2D eigenvalue weighted by Gasteiger charge is 2.46. The van der Waals surface area contributed by atoms with E-state index in [1.165, 1.54) is 12.0 Å². The van der Waals surface area contributed by atoms with Crippen LogP contribution >= 0.6 is 0 Å². The van der Waals surface area contributed by atoms with E-state index in [4.69, 9.17) is 14.2 Å². The number of methoxy groups -OCH3 is 2. The fourth-order valence-corrected chi connectivity index (χ4v) is 4.25. The van der Waals surface area contributed by atoms with Crippen LogP contribution < -0.4 is 9.47 Å². The van der Waals surface area contributed by atoms with Crippen molar-refractivity contribution in [2.75, 3.05) is 34.0 Å². The number of ketones is 1. The van der Waals surface area contributed by atoms with Crippen molar-refractivity contribution in [2.24, 2.45) is 0 Å². The zero-order valence-corrected chi connectivity index (χ0v) is 21.4. The molecule has 1 aliphatic rings. The molecule has 0 saturated carbocycles. The van der Waals surface area contributed by atoms with Crippen LogP contribution in [-0.2, 0) is 19.7 Å². The first-order valence-corrected chi connectivity index (χ1v) is 11.8. The first-order chi connectivity index (χ1) is 16.6. The predicted octanol–water partition coefficient (Wildman–Crippen LogP) is 4.85. The molecule has 1 atom stereocenters. The Labute approximate surface area is 207 Å². The number of hydrogen-bond acceptors (Lipinski definition) is 6. The fraction of sp³-hybridized carbons (Fsp3) is 0.429. The third-order valence-electron chi connectivity index (χ3n) is 6.11. The van der Waals surface area contributed by atoms with Crippen molar-refractivity contribution in [1.82, 2.24) is 4.90 Å². The first kappa shape index (κ1) is 26.3. The van der Waals surface area contributed by atoms with E-state index in [2.05, 4.69) is 20.8 Å². The lowest BCUT2D eigenvalue weighted by atomic mass is 9.85. The largest absolute Gasteiger partial charge is 0.507 e. The lowest BCUT2D eigenvalue weighted by Gasteiger charge is -2.26. The highest BCUT2D eigenvalue weighted by Crippen LogP contribution is 2.42. The number of rotatable bonds is 9. The number of ether oxygens (including phenoxy) is 3. The molecule has 2 aromatic rings. The van der Waals surface area contributed by atoms with Crippen molar-refractivity contribution in [3.8, 4) is 11.5 Å². The summed E-state index contributed by atoms with van der Waals surface area (Å²) >= 11 is 0. The topological polar surface area (TPSA) is 85.3 Å². The Kier molecular flexibility index (Phi) is 8.22.